The predicted molar refractivity (Wildman–Crippen MR) is 64.9 cm³/mol. The van der Waals surface area contributed by atoms with Crippen molar-refractivity contribution in [3.8, 4) is 11.5 Å². The summed E-state index contributed by atoms with van der Waals surface area (Å²) in [6, 6.07) is 3.50. The molecule has 1 aromatic rings. The molecule has 1 aliphatic heterocycles. The second-order valence-electron chi connectivity index (χ2n) is 3.96. The number of hydrogen-bond donors (Lipinski definition) is 2. The number of carboxylic acids is 1. The molecule has 96 valence electrons. The summed E-state index contributed by atoms with van der Waals surface area (Å²) in [7, 11) is 1.56. The highest BCUT2D eigenvalue weighted by Crippen LogP contribution is 2.39. The van der Waals surface area contributed by atoms with Gasteiger partial charge in [0, 0.05) is 23.6 Å². The molecule has 1 heterocycles. The Balaban J connectivity index is 2.40. The van der Waals surface area contributed by atoms with Crippen LogP contribution in [-0.4, -0.2) is 36.0 Å². The Morgan fingerprint density at radius 2 is 2.39 bits per heavy atom. The molecule has 0 amide bonds. The lowest BCUT2D eigenvalue weighted by atomic mass is 10.0. The Morgan fingerprint density at radius 1 is 1.61 bits per heavy atom. The van der Waals surface area contributed by atoms with Gasteiger partial charge in [-0.1, -0.05) is 0 Å². The Bertz CT molecular complexity index is 492. The third-order valence-electron chi connectivity index (χ3n) is 2.79. The molecule has 0 radical (unpaired) electrons. The molecule has 0 spiro atoms. The highest BCUT2D eigenvalue weighted by molar-refractivity contribution is 5.86. The van der Waals surface area contributed by atoms with E-state index in [0.717, 1.165) is 11.6 Å². The van der Waals surface area contributed by atoms with E-state index < -0.39 is 5.97 Å². The van der Waals surface area contributed by atoms with Crippen molar-refractivity contribution in [2.24, 2.45) is 0 Å². The van der Waals surface area contributed by atoms with E-state index in [2.05, 4.69) is 0 Å². The average Bonchev–Trinajstić information content (AvgIpc) is 2.79. The van der Waals surface area contributed by atoms with Crippen molar-refractivity contribution < 1.29 is 24.5 Å². The topological polar surface area (TPSA) is 76.0 Å². The third kappa shape index (κ3) is 2.31. The van der Waals surface area contributed by atoms with E-state index in [1.54, 1.807) is 19.2 Å². The van der Waals surface area contributed by atoms with E-state index in [1.165, 1.54) is 6.08 Å². The van der Waals surface area contributed by atoms with Crippen LogP contribution >= 0.6 is 0 Å². The minimum atomic E-state index is -1.02. The van der Waals surface area contributed by atoms with Crippen LogP contribution in [0.5, 0.6) is 11.5 Å². The fourth-order valence-electron chi connectivity index (χ4n) is 1.98. The van der Waals surface area contributed by atoms with Crippen LogP contribution in [0.25, 0.3) is 6.08 Å². The molecule has 1 unspecified atom stereocenters. The van der Waals surface area contributed by atoms with E-state index in [0.29, 0.717) is 23.5 Å². The smallest absolute Gasteiger partial charge is 0.328 e. The van der Waals surface area contributed by atoms with Crippen molar-refractivity contribution in [1.82, 2.24) is 0 Å². The second kappa shape index (κ2) is 5.10. The van der Waals surface area contributed by atoms with Gasteiger partial charge in [0.25, 0.3) is 0 Å². The molecule has 2 rings (SSSR count). The SMILES string of the molecule is COc1ccc(/C=C\C(=O)O)c2c1CC(CO)O2. The molecule has 18 heavy (non-hydrogen) atoms. The number of fused-ring (bicyclic) bond motifs is 1. The molecule has 0 saturated heterocycles. The number of rotatable bonds is 4. The van der Waals surface area contributed by atoms with Gasteiger partial charge in [-0.3, -0.25) is 0 Å². The maximum atomic E-state index is 10.5. The Morgan fingerprint density at radius 3 is 3.00 bits per heavy atom. The zero-order chi connectivity index (χ0) is 13.1. The number of carbonyl (C=O) groups is 1. The van der Waals surface area contributed by atoms with Gasteiger partial charge in [0.1, 0.15) is 17.6 Å². The third-order valence-corrected chi connectivity index (χ3v) is 2.79. The van der Waals surface area contributed by atoms with Crippen LogP contribution in [0.15, 0.2) is 18.2 Å². The molecular weight excluding hydrogens is 236 g/mol. The van der Waals surface area contributed by atoms with E-state index in [4.69, 9.17) is 19.7 Å². The van der Waals surface area contributed by atoms with Gasteiger partial charge in [-0.15, -0.1) is 0 Å². The van der Waals surface area contributed by atoms with Crippen molar-refractivity contribution in [3.63, 3.8) is 0 Å². The fraction of sp³-hybridized carbons (Fsp3) is 0.308. The molecule has 1 aliphatic rings. The monoisotopic (exact) mass is 250 g/mol. The number of benzene rings is 1. The summed E-state index contributed by atoms with van der Waals surface area (Å²) in [6.45, 7) is -0.0834. The summed E-state index contributed by atoms with van der Waals surface area (Å²) in [5.74, 6) is 0.260. The average molecular weight is 250 g/mol. The van der Waals surface area contributed by atoms with Crippen LogP contribution in [0.2, 0.25) is 0 Å². The quantitative estimate of drug-likeness (QED) is 0.782. The maximum absolute atomic E-state index is 10.5. The van der Waals surface area contributed by atoms with Crippen molar-refractivity contribution in [2.45, 2.75) is 12.5 Å². The van der Waals surface area contributed by atoms with Gasteiger partial charge in [-0.05, 0) is 18.2 Å². The first-order valence-electron chi connectivity index (χ1n) is 5.54. The van der Waals surface area contributed by atoms with Gasteiger partial charge in [0.2, 0.25) is 0 Å². The lowest BCUT2D eigenvalue weighted by molar-refractivity contribution is -0.131. The number of carboxylic acid groups (broad SMARTS) is 1. The number of aliphatic hydroxyl groups excluding tert-OH is 1. The summed E-state index contributed by atoms with van der Waals surface area (Å²) in [5, 5.41) is 17.8. The standard InChI is InChI=1S/C13H14O5/c1-17-11-4-2-8(3-5-12(15)16)13-10(11)6-9(7-14)18-13/h2-5,9,14H,6-7H2,1H3,(H,15,16)/b5-3-. The highest BCUT2D eigenvalue weighted by Gasteiger charge is 2.27. The number of hydrogen-bond acceptors (Lipinski definition) is 4. The lowest BCUT2D eigenvalue weighted by Crippen LogP contribution is -2.17. The molecule has 0 fully saturated rings. The molecule has 5 heteroatoms. The highest BCUT2D eigenvalue weighted by atomic mass is 16.5. The van der Waals surface area contributed by atoms with Gasteiger partial charge in [-0.2, -0.15) is 0 Å². The van der Waals surface area contributed by atoms with E-state index >= 15 is 0 Å². The number of methoxy groups -OCH3 is 1. The molecule has 0 saturated carbocycles. The van der Waals surface area contributed by atoms with Crippen molar-refractivity contribution in [3.05, 3.63) is 29.3 Å². The van der Waals surface area contributed by atoms with E-state index in [1.807, 2.05) is 0 Å². The van der Waals surface area contributed by atoms with E-state index in [-0.39, 0.29) is 12.7 Å². The molecule has 0 bridgehead atoms. The summed E-state index contributed by atoms with van der Waals surface area (Å²) >= 11 is 0. The first-order valence-corrected chi connectivity index (χ1v) is 5.54. The number of ether oxygens (including phenoxy) is 2. The largest absolute Gasteiger partial charge is 0.496 e. The first kappa shape index (κ1) is 12.4. The van der Waals surface area contributed by atoms with Crippen LogP contribution in [0.4, 0.5) is 0 Å². The summed E-state index contributed by atoms with van der Waals surface area (Å²) in [5.41, 5.74) is 1.54. The summed E-state index contributed by atoms with van der Waals surface area (Å²) in [4.78, 5) is 10.5. The first-order chi connectivity index (χ1) is 8.65. The zero-order valence-electron chi connectivity index (χ0n) is 9.92. The maximum Gasteiger partial charge on any atom is 0.328 e. The van der Waals surface area contributed by atoms with Crippen LogP contribution in [-0.2, 0) is 11.2 Å². The van der Waals surface area contributed by atoms with Crippen LogP contribution < -0.4 is 9.47 Å². The van der Waals surface area contributed by atoms with Crippen molar-refractivity contribution >= 4 is 12.0 Å². The molecular formula is C13H14O5. The van der Waals surface area contributed by atoms with Gasteiger partial charge in [-0.25, -0.2) is 4.79 Å². The van der Waals surface area contributed by atoms with Crippen LogP contribution in [0, 0.1) is 0 Å². The Kier molecular flexibility index (Phi) is 3.53. The summed E-state index contributed by atoms with van der Waals surface area (Å²) < 4.78 is 10.8. The van der Waals surface area contributed by atoms with Gasteiger partial charge in [0.05, 0.1) is 13.7 Å². The van der Waals surface area contributed by atoms with Gasteiger partial charge in [0.15, 0.2) is 0 Å². The van der Waals surface area contributed by atoms with Gasteiger partial charge < -0.3 is 19.7 Å². The number of aliphatic carboxylic acids is 1. The predicted octanol–water partition coefficient (Wildman–Crippen LogP) is 1.09. The molecule has 5 nitrogen and oxygen atoms in total. The second-order valence-corrected chi connectivity index (χ2v) is 3.96. The fourth-order valence-corrected chi connectivity index (χ4v) is 1.98. The van der Waals surface area contributed by atoms with E-state index in [9.17, 15) is 4.79 Å². The molecule has 0 aliphatic carbocycles. The minimum absolute atomic E-state index is 0.0834. The Hall–Kier alpha value is -2.01. The zero-order valence-corrected chi connectivity index (χ0v) is 9.92. The molecule has 1 atom stereocenters. The van der Waals surface area contributed by atoms with Crippen molar-refractivity contribution in [2.75, 3.05) is 13.7 Å². The van der Waals surface area contributed by atoms with Crippen molar-refractivity contribution in [1.29, 1.82) is 0 Å². The number of aliphatic hydroxyl groups is 1. The minimum Gasteiger partial charge on any atom is -0.496 e. The van der Waals surface area contributed by atoms with Crippen LogP contribution in [0.3, 0.4) is 0 Å². The van der Waals surface area contributed by atoms with Gasteiger partial charge >= 0.3 is 5.97 Å². The van der Waals surface area contributed by atoms with Crippen LogP contribution in [0.1, 0.15) is 11.1 Å². The normalized spacial score (nSPS) is 17.6. The molecule has 1 aromatic carbocycles. The molecule has 0 aromatic heterocycles. The summed E-state index contributed by atoms with van der Waals surface area (Å²) in [6.07, 6.45) is 2.79. The Labute approximate surface area is 104 Å². The lowest BCUT2D eigenvalue weighted by Gasteiger charge is -2.09. The molecule has 2 N–H and O–H groups in total.